The number of carbonyl (C=O) groups excluding carboxylic acids is 1. The quantitative estimate of drug-likeness (QED) is 0.777. The van der Waals surface area contributed by atoms with Crippen LogP contribution in [0.2, 0.25) is 0 Å². The minimum atomic E-state index is -0.409. The van der Waals surface area contributed by atoms with Crippen LogP contribution in [0, 0.1) is 0 Å². The molecule has 0 saturated heterocycles. The van der Waals surface area contributed by atoms with Crippen molar-refractivity contribution in [3.05, 3.63) is 29.8 Å². The van der Waals surface area contributed by atoms with Gasteiger partial charge in [-0.3, -0.25) is 0 Å². The summed E-state index contributed by atoms with van der Waals surface area (Å²) >= 11 is 0. The van der Waals surface area contributed by atoms with Gasteiger partial charge in [0.05, 0.1) is 13.2 Å². The molecule has 0 bridgehead atoms. The van der Waals surface area contributed by atoms with Gasteiger partial charge in [0.25, 0.3) is 0 Å². The number of aldehydes is 1. The zero-order chi connectivity index (χ0) is 12.4. The number of ether oxygens (including phenoxy) is 2. The summed E-state index contributed by atoms with van der Waals surface area (Å²) in [6, 6.07) is 7.11. The highest BCUT2D eigenvalue weighted by molar-refractivity contribution is 5.57. The van der Waals surface area contributed by atoms with Crippen molar-refractivity contribution in [3.63, 3.8) is 0 Å². The smallest absolute Gasteiger partial charge is 0.137 e. The fourth-order valence-corrected chi connectivity index (χ4v) is 1.08. The average molecular weight is 225 g/mol. The predicted octanol–water partition coefficient (Wildman–Crippen LogP) is 1.03. The Balaban J connectivity index is 0.000000673. The third kappa shape index (κ3) is 6.16. The van der Waals surface area contributed by atoms with E-state index in [1.807, 2.05) is 24.3 Å². The number of benzene rings is 1. The number of hydrogen-bond donors (Lipinski definition) is 1. The van der Waals surface area contributed by atoms with Crippen molar-refractivity contribution in [2.75, 3.05) is 21.3 Å². The fourth-order valence-electron chi connectivity index (χ4n) is 1.08. The standard InChI is InChI=1S/C10H13NO2.C2H6O/c1-13-10-4-2-8(3-5-10)6-9(11)7-12;1-3-2/h2-5,7,9H,6,11H2,1H3;1-2H3. The first-order valence-corrected chi connectivity index (χ1v) is 4.91. The van der Waals surface area contributed by atoms with Gasteiger partial charge in [0.15, 0.2) is 0 Å². The summed E-state index contributed by atoms with van der Waals surface area (Å²) in [5.41, 5.74) is 6.52. The van der Waals surface area contributed by atoms with Crippen LogP contribution in [0.4, 0.5) is 0 Å². The van der Waals surface area contributed by atoms with E-state index < -0.39 is 6.04 Å². The minimum absolute atomic E-state index is 0.409. The number of methoxy groups -OCH3 is 2. The second kappa shape index (κ2) is 8.88. The van der Waals surface area contributed by atoms with E-state index in [1.54, 1.807) is 21.3 Å². The van der Waals surface area contributed by atoms with Crippen molar-refractivity contribution >= 4 is 6.29 Å². The summed E-state index contributed by atoms with van der Waals surface area (Å²) < 4.78 is 9.25. The van der Waals surface area contributed by atoms with Crippen molar-refractivity contribution in [1.82, 2.24) is 0 Å². The molecule has 0 spiro atoms. The van der Waals surface area contributed by atoms with E-state index in [-0.39, 0.29) is 0 Å². The molecule has 0 aliphatic heterocycles. The van der Waals surface area contributed by atoms with Crippen LogP contribution in [-0.2, 0) is 16.0 Å². The Morgan fingerprint density at radius 3 is 2.12 bits per heavy atom. The summed E-state index contributed by atoms with van der Waals surface area (Å²) in [4.78, 5) is 10.3. The summed E-state index contributed by atoms with van der Waals surface area (Å²) in [5.74, 6) is 0.809. The van der Waals surface area contributed by atoms with Crippen LogP contribution in [0.5, 0.6) is 5.75 Å². The van der Waals surface area contributed by atoms with E-state index in [9.17, 15) is 4.79 Å². The van der Waals surface area contributed by atoms with Crippen LogP contribution in [-0.4, -0.2) is 33.7 Å². The maximum Gasteiger partial charge on any atom is 0.137 e. The Morgan fingerprint density at radius 1 is 1.25 bits per heavy atom. The molecule has 1 atom stereocenters. The lowest BCUT2D eigenvalue weighted by Crippen LogP contribution is -2.23. The van der Waals surface area contributed by atoms with Crippen molar-refractivity contribution in [3.8, 4) is 5.75 Å². The molecule has 1 aromatic carbocycles. The molecule has 1 unspecified atom stereocenters. The molecule has 4 heteroatoms. The monoisotopic (exact) mass is 225 g/mol. The van der Waals surface area contributed by atoms with Crippen LogP contribution in [0.3, 0.4) is 0 Å². The highest BCUT2D eigenvalue weighted by Crippen LogP contribution is 2.11. The highest BCUT2D eigenvalue weighted by Gasteiger charge is 2.01. The van der Waals surface area contributed by atoms with Gasteiger partial charge in [-0.05, 0) is 24.1 Å². The molecule has 1 aromatic rings. The predicted molar refractivity (Wildman–Crippen MR) is 63.7 cm³/mol. The van der Waals surface area contributed by atoms with Gasteiger partial charge in [-0.25, -0.2) is 0 Å². The van der Waals surface area contributed by atoms with Crippen LogP contribution in [0.15, 0.2) is 24.3 Å². The molecule has 0 aliphatic carbocycles. The molecule has 16 heavy (non-hydrogen) atoms. The molecular formula is C12H19NO3. The molecule has 1 rings (SSSR count). The van der Waals surface area contributed by atoms with Crippen molar-refractivity contribution in [2.45, 2.75) is 12.5 Å². The zero-order valence-electron chi connectivity index (χ0n) is 9.97. The van der Waals surface area contributed by atoms with Gasteiger partial charge in [0, 0.05) is 14.2 Å². The first-order chi connectivity index (χ1) is 7.67. The summed E-state index contributed by atoms with van der Waals surface area (Å²) in [7, 11) is 4.87. The molecule has 0 radical (unpaired) electrons. The van der Waals surface area contributed by atoms with E-state index in [0.717, 1.165) is 17.6 Å². The second-order valence-corrected chi connectivity index (χ2v) is 3.26. The molecule has 0 saturated carbocycles. The van der Waals surface area contributed by atoms with Crippen LogP contribution in [0.1, 0.15) is 5.56 Å². The first kappa shape index (κ1) is 14.6. The molecule has 90 valence electrons. The Morgan fingerprint density at radius 2 is 1.75 bits per heavy atom. The molecular weight excluding hydrogens is 206 g/mol. The van der Waals surface area contributed by atoms with Crippen LogP contribution >= 0.6 is 0 Å². The highest BCUT2D eigenvalue weighted by atomic mass is 16.5. The van der Waals surface area contributed by atoms with Gasteiger partial charge in [-0.15, -0.1) is 0 Å². The topological polar surface area (TPSA) is 61.6 Å². The lowest BCUT2D eigenvalue weighted by molar-refractivity contribution is -0.108. The molecule has 2 N–H and O–H groups in total. The van der Waals surface area contributed by atoms with E-state index in [0.29, 0.717) is 6.42 Å². The Bertz CT molecular complexity index is 285. The largest absolute Gasteiger partial charge is 0.497 e. The van der Waals surface area contributed by atoms with Crippen LogP contribution in [0.25, 0.3) is 0 Å². The van der Waals surface area contributed by atoms with Gasteiger partial charge in [0.1, 0.15) is 12.0 Å². The Kier molecular flexibility index (Phi) is 8.11. The summed E-state index contributed by atoms with van der Waals surface area (Å²) in [6.07, 6.45) is 1.33. The lowest BCUT2D eigenvalue weighted by Gasteiger charge is -2.04. The normalized spacial score (nSPS) is 11.0. The van der Waals surface area contributed by atoms with Crippen LogP contribution < -0.4 is 10.5 Å². The van der Waals surface area contributed by atoms with Crippen molar-refractivity contribution in [1.29, 1.82) is 0 Å². The third-order valence-corrected chi connectivity index (χ3v) is 1.81. The van der Waals surface area contributed by atoms with Gasteiger partial charge < -0.3 is 20.0 Å². The van der Waals surface area contributed by atoms with Crippen molar-refractivity contribution < 1.29 is 14.3 Å². The van der Waals surface area contributed by atoms with Gasteiger partial charge in [-0.2, -0.15) is 0 Å². The second-order valence-electron chi connectivity index (χ2n) is 3.26. The molecule has 0 heterocycles. The third-order valence-electron chi connectivity index (χ3n) is 1.81. The van der Waals surface area contributed by atoms with E-state index in [2.05, 4.69) is 4.74 Å². The molecule has 0 aliphatic rings. The number of hydrogen-bond acceptors (Lipinski definition) is 4. The molecule has 0 amide bonds. The lowest BCUT2D eigenvalue weighted by atomic mass is 10.1. The first-order valence-electron chi connectivity index (χ1n) is 4.91. The summed E-state index contributed by atoms with van der Waals surface area (Å²) in [5, 5.41) is 0. The summed E-state index contributed by atoms with van der Waals surface area (Å²) in [6.45, 7) is 0. The number of nitrogens with two attached hydrogens (primary N) is 1. The SMILES string of the molecule is COC.COc1ccc(CC(N)C=O)cc1. The van der Waals surface area contributed by atoms with E-state index >= 15 is 0 Å². The van der Waals surface area contributed by atoms with E-state index in [1.165, 1.54) is 0 Å². The Labute approximate surface area is 96.4 Å². The van der Waals surface area contributed by atoms with Gasteiger partial charge in [-0.1, -0.05) is 12.1 Å². The molecule has 0 fully saturated rings. The fraction of sp³-hybridized carbons (Fsp3) is 0.417. The Hall–Kier alpha value is -1.39. The van der Waals surface area contributed by atoms with Gasteiger partial charge >= 0.3 is 0 Å². The maximum atomic E-state index is 10.3. The van der Waals surface area contributed by atoms with Gasteiger partial charge in [0.2, 0.25) is 0 Å². The van der Waals surface area contributed by atoms with E-state index in [4.69, 9.17) is 10.5 Å². The minimum Gasteiger partial charge on any atom is -0.497 e. The van der Waals surface area contributed by atoms with Crippen molar-refractivity contribution in [2.24, 2.45) is 5.73 Å². The zero-order valence-corrected chi connectivity index (χ0v) is 9.97. The number of rotatable bonds is 4. The molecule has 0 aromatic heterocycles. The maximum absolute atomic E-state index is 10.3. The molecule has 4 nitrogen and oxygen atoms in total. The average Bonchev–Trinajstić information content (AvgIpc) is 2.31. The number of carbonyl (C=O) groups is 1.